The number of phenols is 16. The largest absolute Gasteiger partial charge is 0.508 e. The summed E-state index contributed by atoms with van der Waals surface area (Å²) in [5, 5.41) is 207. The van der Waals surface area contributed by atoms with Crippen LogP contribution in [0.3, 0.4) is 0 Å². The third kappa shape index (κ3) is 11.6. The fourth-order valence-electron chi connectivity index (χ4n) is 24.8. The summed E-state index contributed by atoms with van der Waals surface area (Å²) in [6, 6.07) is 46.7. The van der Waals surface area contributed by atoms with Crippen LogP contribution in [0.5, 0.6) is 132 Å². The molecule has 31 heteroatoms. The van der Waals surface area contributed by atoms with Gasteiger partial charge < -0.3 is 125 Å². The molecule has 13 aliphatic rings. The van der Waals surface area contributed by atoms with Crippen molar-refractivity contribution in [1.82, 2.24) is 0 Å². The second-order valence-corrected chi connectivity index (χ2v) is 38.1. The zero-order valence-electron chi connectivity index (χ0n) is 71.5. The van der Waals surface area contributed by atoms with E-state index in [1.54, 1.807) is 48.5 Å². The number of ether oxygens (including phenoxy) is 7. The Morgan fingerprint density at radius 3 is 0.794 bits per heavy atom. The number of aliphatic hydroxyl groups is 2. The van der Waals surface area contributed by atoms with Crippen LogP contribution in [0, 0.1) is 0 Å². The molecule has 15 atom stereocenters. The summed E-state index contributed by atoms with van der Waals surface area (Å²) in [5.41, 5.74) is 20.6. The van der Waals surface area contributed by atoms with Crippen molar-refractivity contribution < 1.29 is 125 Å². The van der Waals surface area contributed by atoms with Crippen LogP contribution in [0.15, 0.2) is 176 Å². The van der Waals surface area contributed by atoms with E-state index in [2.05, 4.69) is 46.1 Å². The smallest absolute Gasteiger partial charge is 0.192 e. The van der Waals surface area contributed by atoms with Crippen molar-refractivity contribution in [1.29, 1.82) is 0 Å². The van der Waals surface area contributed by atoms with Gasteiger partial charge in [0, 0.05) is 47.1 Å². The summed E-state index contributed by atoms with van der Waals surface area (Å²) in [7, 11) is 12.3. The highest BCUT2D eigenvalue weighted by atomic mass is 16.5. The molecule has 0 aromatic heterocycles. The molecule has 0 amide bonds. The molecule has 14 aromatic carbocycles. The maximum atomic E-state index is 14.0. The number of aliphatic hydroxyl groups excluding tert-OH is 2. The lowest BCUT2D eigenvalue weighted by Crippen LogP contribution is -2.55. The lowest BCUT2D eigenvalue weighted by atomic mass is 9.43. The van der Waals surface area contributed by atoms with Crippen molar-refractivity contribution in [2.24, 2.45) is 0 Å². The number of aromatic hydroxyl groups is 16. The van der Waals surface area contributed by atoms with Gasteiger partial charge in [0.25, 0.3) is 0 Å². The molecule has 13 heterocycles. The fourth-order valence-corrected chi connectivity index (χ4v) is 24.8. The van der Waals surface area contributed by atoms with Gasteiger partial charge >= 0.3 is 0 Å². The van der Waals surface area contributed by atoms with E-state index in [1.165, 1.54) is 97.1 Å². The first-order valence-electron chi connectivity index (χ1n) is 45.3. The van der Waals surface area contributed by atoms with E-state index in [1.807, 2.05) is 27.9 Å². The molecule has 25 nitrogen and oxygen atoms in total. The summed E-state index contributed by atoms with van der Waals surface area (Å²) in [6.07, 6.45) is -7.92. The van der Waals surface area contributed by atoms with Gasteiger partial charge in [-0.3, -0.25) is 0 Å². The molecule has 136 heavy (non-hydrogen) atoms. The average molecular weight is 1800 g/mol. The van der Waals surface area contributed by atoms with Gasteiger partial charge in [-0.25, -0.2) is 0 Å². The van der Waals surface area contributed by atoms with Crippen molar-refractivity contribution in [2.45, 2.75) is 129 Å². The van der Waals surface area contributed by atoms with E-state index >= 15 is 0 Å². The van der Waals surface area contributed by atoms with E-state index < -0.39 is 125 Å². The third-order valence-corrected chi connectivity index (χ3v) is 30.7. The van der Waals surface area contributed by atoms with E-state index in [-0.39, 0.29) is 93.8 Å². The Balaban J connectivity index is 0.654. The van der Waals surface area contributed by atoms with Crippen LogP contribution in [-0.4, -0.2) is 148 Å². The van der Waals surface area contributed by atoms with Gasteiger partial charge in [-0.15, -0.1) is 0 Å². The molecule has 0 saturated carbocycles. The quantitative estimate of drug-likeness (QED) is 0.0581. The molecular formula is C105H74B6O25. The van der Waals surface area contributed by atoms with Crippen LogP contribution < -0.4 is 98.7 Å². The number of fused-ring (bicyclic) bond motifs is 19. The first-order chi connectivity index (χ1) is 65.7. The van der Waals surface area contributed by atoms with Crippen LogP contribution in [-0.2, 0) is 6.42 Å². The minimum Gasteiger partial charge on any atom is -0.508 e. The van der Waals surface area contributed by atoms with Crippen LogP contribution in [0.1, 0.15) is 222 Å². The Labute approximate surface area is 778 Å². The van der Waals surface area contributed by atoms with Crippen LogP contribution in [0.2, 0.25) is 0 Å². The van der Waals surface area contributed by atoms with E-state index in [9.17, 15) is 91.9 Å². The molecule has 0 bridgehead atoms. The normalized spacial score (nSPS) is 23.8. The number of benzene rings is 14. The standard InChI is InChI=1S/C105H74B6O25/c112-43-24-49-90-81(25-43)135-98(41-6-14-66(118)74(126)22-41)96(128)94(90)91-58(106-49)34-59-93-95(97(129)99(136-105(91)93)42-7-15-67(119)75(127)23-42)92-57(111-59)33-56-89-48(29-80(134-104(89)92)40-5-13-65(117)73(125)21-40)88-53(109-56)31-52-87-47(28-79(133-103(87)88)39-4-12-64(116)72(124)20-39)86-50(107-52)30-51-85-46(27-78(132-102(85)86)38-3-11-63(115)71(123)19-38)84-54(108-51)32-55-83-45(26-77(131-101(83)84)37-2-10-62(114)70(122)18-37)82-60(110-55)35-68(120)44-8-16-76(130-100(44)82)36-1-9-61(113)69(121)17-36/h1-7,9-15,17-25,30-35,45-48,76-80,94-99,112-129H,8,16,26-29H2/t45-,46-,47-,48-,76-,77-,78-,79-,80-,94+,95-,96+,97?,98+,99+/m0/s1. The second kappa shape index (κ2) is 28.7. The molecule has 6 radical (unpaired) electrons. The highest BCUT2D eigenvalue weighted by Crippen LogP contribution is 2.64. The van der Waals surface area contributed by atoms with Gasteiger partial charge in [0.2, 0.25) is 0 Å². The predicted molar refractivity (Wildman–Crippen MR) is 500 cm³/mol. The minimum absolute atomic E-state index is 0.0432. The predicted octanol–water partition coefficient (Wildman–Crippen LogP) is 6.73. The Kier molecular flexibility index (Phi) is 17.0. The Morgan fingerprint density at radius 1 is 0.213 bits per heavy atom. The maximum absolute atomic E-state index is 14.0. The van der Waals surface area contributed by atoms with Gasteiger partial charge in [0.15, 0.2) is 136 Å². The molecule has 662 valence electrons. The molecule has 0 spiro atoms. The molecule has 0 aliphatic carbocycles. The van der Waals surface area contributed by atoms with Crippen molar-refractivity contribution >= 4 is 109 Å². The van der Waals surface area contributed by atoms with E-state index in [0.717, 1.165) is 77.2 Å². The molecule has 13 aliphatic heterocycles. The van der Waals surface area contributed by atoms with Gasteiger partial charge in [-0.1, -0.05) is 138 Å². The fraction of sp³-hybridized carbons (Fsp3) is 0.200. The van der Waals surface area contributed by atoms with Gasteiger partial charge in [0.1, 0.15) is 94.5 Å². The number of hydrogen-bond donors (Lipinski definition) is 18. The number of phenolic OH excluding ortho intramolecular Hbond substituents is 16. The summed E-state index contributed by atoms with van der Waals surface area (Å²) < 4.78 is 52.0. The highest BCUT2D eigenvalue weighted by molar-refractivity contribution is 6.77. The lowest BCUT2D eigenvalue weighted by Gasteiger charge is -2.49. The molecule has 0 saturated heterocycles. The topological polar surface area (TPSA) is 429 Å². The SMILES string of the molecule is Oc1cc2c3c(c1)O[C@H](c1ccc(O)c(O)c1)[C@H](O)[C@H]3c1c(cc3c4c1O[C@H](c1ccc(O)c(O)c1)C(O)[C@H]4c1c(cc4c5c1O[C@H](c1ccc(O)c(O)c1)C[C@H]5c1c(cc5c6c1O[C@H](c1ccc(O)c(O)c1)C[C@H]6c1c(cc6c7c1O[C@H](c1ccc(O)c(O)c1)C[C@H]7c1c(cc7c8c1O[C@H](c1ccc(O)c(O)c1)C[C@H]8c1c(cc(O)c8c1O[C@H](c1ccc(O)c(O)c1)CC8)[B]7)[B]6)[B]5)[B]4)[B]3)[B]2. The molecular weight excluding hydrogens is 1730 g/mol. The molecule has 1 unspecified atom stereocenters. The molecule has 27 rings (SSSR count). The van der Waals surface area contributed by atoms with Gasteiger partial charge in [-0.05, 0) is 241 Å². The van der Waals surface area contributed by atoms with Gasteiger partial charge in [0.05, 0.1) is 0 Å². The first kappa shape index (κ1) is 80.4. The summed E-state index contributed by atoms with van der Waals surface area (Å²) in [4.78, 5) is 0. The summed E-state index contributed by atoms with van der Waals surface area (Å²) in [6.45, 7) is 0. The van der Waals surface area contributed by atoms with E-state index in [0.29, 0.717) is 142 Å². The summed E-state index contributed by atoms with van der Waals surface area (Å²) >= 11 is 0. The van der Waals surface area contributed by atoms with Crippen LogP contribution in [0.4, 0.5) is 0 Å². The Morgan fingerprint density at radius 2 is 0.463 bits per heavy atom. The van der Waals surface area contributed by atoms with Crippen LogP contribution >= 0.6 is 0 Å². The minimum atomic E-state index is -1.54. The number of hydrogen-bond acceptors (Lipinski definition) is 25. The zero-order valence-corrected chi connectivity index (χ0v) is 71.5. The molecule has 0 fully saturated rings. The first-order valence-corrected chi connectivity index (χ1v) is 45.3. The number of rotatable bonds is 7. The van der Waals surface area contributed by atoms with Crippen LogP contribution in [0.25, 0.3) is 0 Å². The average Bonchev–Trinajstić information content (AvgIpc) is 0.680. The van der Waals surface area contributed by atoms with Gasteiger partial charge in [-0.2, -0.15) is 0 Å². The van der Waals surface area contributed by atoms with Crippen molar-refractivity contribution in [3.05, 3.63) is 287 Å². The highest BCUT2D eigenvalue weighted by Gasteiger charge is 2.56. The second-order valence-electron chi connectivity index (χ2n) is 38.1. The maximum Gasteiger partial charge on any atom is 0.192 e. The Hall–Kier alpha value is -15.2. The third-order valence-electron chi connectivity index (χ3n) is 30.7. The molecule has 18 N–H and O–H groups in total. The lowest BCUT2D eigenvalue weighted by molar-refractivity contribution is -0.00149. The Bertz CT molecular complexity index is 7780. The van der Waals surface area contributed by atoms with Crippen molar-refractivity contribution in [3.8, 4) is 132 Å². The van der Waals surface area contributed by atoms with Crippen molar-refractivity contribution in [3.63, 3.8) is 0 Å². The molecule has 14 aromatic rings. The van der Waals surface area contributed by atoms with Crippen molar-refractivity contribution in [2.75, 3.05) is 0 Å². The monoisotopic (exact) mass is 1800 g/mol. The zero-order chi connectivity index (χ0) is 92.4. The summed E-state index contributed by atoms with van der Waals surface area (Å²) in [5.74, 6) is -7.20. The van der Waals surface area contributed by atoms with E-state index in [4.69, 9.17) is 33.2 Å².